The van der Waals surface area contributed by atoms with E-state index in [4.69, 9.17) is 0 Å². The van der Waals surface area contributed by atoms with Crippen molar-refractivity contribution in [3.63, 3.8) is 0 Å². The number of hydrogen-bond donors (Lipinski definition) is 2. The minimum absolute atomic E-state index is 0.0737. The molecule has 3 aromatic rings. The van der Waals surface area contributed by atoms with Crippen LogP contribution in [0.25, 0.3) is 5.69 Å². The van der Waals surface area contributed by atoms with E-state index in [-0.39, 0.29) is 17.6 Å². The molecule has 8 heteroatoms. The summed E-state index contributed by atoms with van der Waals surface area (Å²) in [5.74, 6) is 0.435. The zero-order chi connectivity index (χ0) is 16.5. The second-order valence-electron chi connectivity index (χ2n) is 5.72. The van der Waals surface area contributed by atoms with Crippen molar-refractivity contribution < 1.29 is 4.79 Å². The minimum Gasteiger partial charge on any atom is -0.328 e. The van der Waals surface area contributed by atoms with Crippen LogP contribution in [0.2, 0.25) is 0 Å². The van der Waals surface area contributed by atoms with Gasteiger partial charge in [-0.1, -0.05) is 6.07 Å². The van der Waals surface area contributed by atoms with Crippen LogP contribution in [-0.2, 0) is 0 Å². The lowest BCUT2D eigenvalue weighted by molar-refractivity contribution is 0.0730. The number of nitrogens with one attached hydrogen (secondary N) is 2. The van der Waals surface area contributed by atoms with E-state index in [1.165, 1.54) is 0 Å². The molecule has 2 N–H and O–H groups in total. The Hall–Kier alpha value is -3.16. The number of aromatic amines is 2. The summed E-state index contributed by atoms with van der Waals surface area (Å²) in [6, 6.07) is 8.97. The van der Waals surface area contributed by atoms with Crippen molar-refractivity contribution in [3.05, 3.63) is 64.6 Å². The molecule has 1 aliphatic rings. The Morgan fingerprint density at radius 1 is 1.29 bits per heavy atom. The fraction of sp³-hybridized carbons (Fsp3) is 0.250. The number of rotatable bonds is 3. The van der Waals surface area contributed by atoms with Gasteiger partial charge in [-0.05, 0) is 37.1 Å². The Labute approximate surface area is 137 Å². The summed E-state index contributed by atoms with van der Waals surface area (Å²) < 4.78 is 1.71. The zero-order valence-corrected chi connectivity index (χ0v) is 12.8. The first-order valence-corrected chi connectivity index (χ1v) is 7.78. The largest absolute Gasteiger partial charge is 0.340 e. The molecule has 0 spiro atoms. The molecule has 122 valence electrons. The van der Waals surface area contributed by atoms with Gasteiger partial charge in [-0.2, -0.15) is 10.2 Å². The van der Waals surface area contributed by atoms with Crippen LogP contribution in [0.1, 0.15) is 35.1 Å². The molecular weight excluding hydrogens is 308 g/mol. The van der Waals surface area contributed by atoms with Crippen molar-refractivity contribution in [2.24, 2.45) is 0 Å². The fourth-order valence-electron chi connectivity index (χ4n) is 3.10. The highest BCUT2D eigenvalue weighted by molar-refractivity contribution is 5.95. The summed E-state index contributed by atoms with van der Waals surface area (Å²) in [6.07, 6.45) is 5.19. The van der Waals surface area contributed by atoms with Gasteiger partial charge in [0, 0.05) is 24.5 Å². The number of likely N-dealkylation sites (tertiary alicyclic amines) is 1. The molecular formula is C16H16N6O2. The Balaban J connectivity index is 1.63. The first-order chi connectivity index (χ1) is 11.7. The monoisotopic (exact) mass is 324 g/mol. The van der Waals surface area contributed by atoms with Crippen molar-refractivity contribution in [2.75, 3.05) is 6.54 Å². The van der Waals surface area contributed by atoms with Gasteiger partial charge in [0.2, 0.25) is 0 Å². The van der Waals surface area contributed by atoms with Crippen LogP contribution in [0.4, 0.5) is 0 Å². The summed E-state index contributed by atoms with van der Waals surface area (Å²) in [5.41, 5.74) is 1.06. The number of carbonyl (C=O) groups excluding carboxylic acids is 1. The third-order valence-corrected chi connectivity index (χ3v) is 4.21. The molecule has 2 aromatic heterocycles. The quantitative estimate of drug-likeness (QED) is 0.757. The van der Waals surface area contributed by atoms with E-state index in [2.05, 4.69) is 20.3 Å². The molecule has 1 atom stereocenters. The van der Waals surface area contributed by atoms with Crippen LogP contribution >= 0.6 is 0 Å². The topological polar surface area (TPSA) is 99.7 Å². The molecule has 1 saturated heterocycles. The number of hydrogen-bond acceptors (Lipinski definition) is 4. The average Bonchev–Trinajstić information content (AvgIpc) is 3.35. The molecule has 1 aliphatic heterocycles. The third-order valence-electron chi connectivity index (χ3n) is 4.21. The van der Waals surface area contributed by atoms with Gasteiger partial charge in [0.05, 0.1) is 11.7 Å². The maximum atomic E-state index is 12.9. The number of aromatic nitrogens is 5. The average molecular weight is 324 g/mol. The molecule has 0 radical (unpaired) electrons. The van der Waals surface area contributed by atoms with Gasteiger partial charge in [-0.3, -0.25) is 9.78 Å². The Bertz CT molecular complexity index is 911. The van der Waals surface area contributed by atoms with Crippen molar-refractivity contribution in [1.29, 1.82) is 0 Å². The summed E-state index contributed by atoms with van der Waals surface area (Å²) in [6.45, 7) is 0.643. The highest BCUT2D eigenvalue weighted by Gasteiger charge is 2.32. The van der Waals surface area contributed by atoms with E-state index in [0.29, 0.717) is 17.9 Å². The standard InChI is InChI=1S/C16H16N6O2/c23-15(11-4-1-5-12(10-11)22-9-3-7-17-22)21-8-2-6-13(21)14-18-16(24)20-19-14/h1,3-5,7,9-10,13H,2,6,8H2,(H2,18,19,20,24)/t13-/m1/s1. The van der Waals surface area contributed by atoms with E-state index in [1.54, 1.807) is 21.8 Å². The van der Waals surface area contributed by atoms with Crippen LogP contribution in [0.5, 0.6) is 0 Å². The first kappa shape index (κ1) is 14.4. The summed E-state index contributed by atoms with van der Waals surface area (Å²) >= 11 is 0. The first-order valence-electron chi connectivity index (χ1n) is 7.78. The molecule has 1 amide bonds. The van der Waals surface area contributed by atoms with Gasteiger partial charge >= 0.3 is 5.69 Å². The van der Waals surface area contributed by atoms with E-state index in [0.717, 1.165) is 18.5 Å². The molecule has 8 nitrogen and oxygen atoms in total. The van der Waals surface area contributed by atoms with Crippen LogP contribution in [0, 0.1) is 0 Å². The number of amides is 1. The number of benzene rings is 1. The molecule has 3 heterocycles. The van der Waals surface area contributed by atoms with E-state index < -0.39 is 0 Å². The van der Waals surface area contributed by atoms with Gasteiger partial charge in [0.1, 0.15) is 0 Å². The summed E-state index contributed by atoms with van der Waals surface area (Å²) in [5, 5.41) is 10.5. The molecule has 0 aliphatic carbocycles. The van der Waals surface area contributed by atoms with Gasteiger partial charge in [0.15, 0.2) is 5.82 Å². The molecule has 1 fully saturated rings. The molecule has 4 rings (SSSR count). The number of nitrogens with zero attached hydrogens (tertiary/aromatic N) is 4. The van der Waals surface area contributed by atoms with E-state index in [1.807, 2.05) is 30.5 Å². The van der Waals surface area contributed by atoms with Gasteiger partial charge < -0.3 is 4.90 Å². The third kappa shape index (κ3) is 2.51. The predicted molar refractivity (Wildman–Crippen MR) is 85.8 cm³/mol. The van der Waals surface area contributed by atoms with Crippen molar-refractivity contribution in [2.45, 2.75) is 18.9 Å². The fourth-order valence-corrected chi connectivity index (χ4v) is 3.10. The second-order valence-corrected chi connectivity index (χ2v) is 5.72. The zero-order valence-electron chi connectivity index (χ0n) is 12.8. The van der Waals surface area contributed by atoms with Gasteiger partial charge in [0.25, 0.3) is 5.91 Å². The number of carbonyl (C=O) groups is 1. The maximum absolute atomic E-state index is 12.9. The van der Waals surface area contributed by atoms with Crippen molar-refractivity contribution in [3.8, 4) is 5.69 Å². The molecule has 0 unspecified atom stereocenters. The number of H-pyrrole nitrogens is 2. The second kappa shape index (κ2) is 5.80. The van der Waals surface area contributed by atoms with Gasteiger partial charge in [-0.15, -0.1) is 0 Å². The maximum Gasteiger partial charge on any atom is 0.340 e. The lowest BCUT2D eigenvalue weighted by atomic mass is 10.1. The Morgan fingerprint density at radius 3 is 2.96 bits per heavy atom. The molecule has 1 aromatic carbocycles. The van der Waals surface area contributed by atoms with Crippen LogP contribution < -0.4 is 5.69 Å². The lowest BCUT2D eigenvalue weighted by Crippen LogP contribution is -2.31. The smallest absolute Gasteiger partial charge is 0.328 e. The van der Waals surface area contributed by atoms with Gasteiger partial charge in [-0.25, -0.2) is 14.6 Å². The highest BCUT2D eigenvalue weighted by Crippen LogP contribution is 2.30. The highest BCUT2D eigenvalue weighted by atomic mass is 16.2. The summed E-state index contributed by atoms with van der Waals surface area (Å²) in [4.78, 5) is 28.6. The summed E-state index contributed by atoms with van der Waals surface area (Å²) in [7, 11) is 0. The lowest BCUT2D eigenvalue weighted by Gasteiger charge is -2.23. The van der Waals surface area contributed by atoms with E-state index >= 15 is 0 Å². The predicted octanol–water partition coefficient (Wildman–Crippen LogP) is 1.26. The van der Waals surface area contributed by atoms with Crippen molar-refractivity contribution >= 4 is 5.91 Å². The molecule has 24 heavy (non-hydrogen) atoms. The van der Waals surface area contributed by atoms with Crippen molar-refractivity contribution in [1.82, 2.24) is 29.9 Å². The SMILES string of the molecule is O=C(c1cccc(-n2cccn2)c1)N1CCC[C@@H]1c1n[nH]c(=O)[nH]1. The van der Waals surface area contributed by atoms with Crippen LogP contribution in [-0.4, -0.2) is 42.3 Å². The Morgan fingerprint density at radius 2 is 2.21 bits per heavy atom. The molecule has 0 bridgehead atoms. The minimum atomic E-state index is -0.357. The molecule has 0 saturated carbocycles. The normalized spacial score (nSPS) is 17.3. The van der Waals surface area contributed by atoms with Crippen LogP contribution in [0.15, 0.2) is 47.5 Å². The van der Waals surface area contributed by atoms with Crippen LogP contribution in [0.3, 0.4) is 0 Å². The Kier molecular flexibility index (Phi) is 3.49. The van der Waals surface area contributed by atoms with E-state index in [9.17, 15) is 9.59 Å².